The third-order valence-electron chi connectivity index (χ3n) is 3.19. The molecule has 1 aromatic heterocycles. The zero-order valence-corrected chi connectivity index (χ0v) is 11.1. The summed E-state index contributed by atoms with van der Waals surface area (Å²) >= 11 is 0. The van der Waals surface area contributed by atoms with E-state index in [0.717, 1.165) is 16.6 Å². The van der Waals surface area contributed by atoms with Crippen LogP contribution in [-0.2, 0) is 0 Å². The molecule has 1 amide bonds. The van der Waals surface area contributed by atoms with Crippen molar-refractivity contribution in [1.29, 1.82) is 0 Å². The fraction of sp³-hybridized carbons (Fsp3) is 0.0625. The van der Waals surface area contributed by atoms with Crippen LogP contribution in [0.15, 0.2) is 60.7 Å². The average Bonchev–Trinajstić information content (AvgIpc) is 2.92. The summed E-state index contributed by atoms with van der Waals surface area (Å²) in [6, 6.07) is 19.3. The van der Waals surface area contributed by atoms with Crippen molar-refractivity contribution in [2.75, 3.05) is 12.1 Å². The van der Waals surface area contributed by atoms with Gasteiger partial charge in [0.2, 0.25) is 0 Å². The Morgan fingerprint density at radius 2 is 1.75 bits per heavy atom. The van der Waals surface area contributed by atoms with E-state index in [2.05, 4.69) is 10.4 Å². The maximum absolute atomic E-state index is 12.2. The Labute approximate surface area is 117 Å². The van der Waals surface area contributed by atoms with Gasteiger partial charge in [0.05, 0.1) is 5.69 Å². The zero-order valence-electron chi connectivity index (χ0n) is 11.1. The number of amides is 1. The van der Waals surface area contributed by atoms with Gasteiger partial charge in [-0.25, -0.2) is 0 Å². The van der Waals surface area contributed by atoms with Gasteiger partial charge in [0.25, 0.3) is 5.91 Å². The van der Waals surface area contributed by atoms with Crippen molar-refractivity contribution in [3.63, 3.8) is 0 Å². The highest BCUT2D eigenvalue weighted by atomic mass is 16.2. The molecule has 0 unspecified atom stereocenters. The molecule has 0 atom stereocenters. The van der Waals surface area contributed by atoms with Crippen molar-refractivity contribution in [2.24, 2.45) is 0 Å². The average molecular weight is 265 g/mol. The van der Waals surface area contributed by atoms with Gasteiger partial charge in [-0.2, -0.15) is 0 Å². The van der Waals surface area contributed by atoms with E-state index < -0.39 is 0 Å². The van der Waals surface area contributed by atoms with E-state index in [4.69, 9.17) is 0 Å². The van der Waals surface area contributed by atoms with Gasteiger partial charge in [0.1, 0.15) is 5.69 Å². The number of para-hydroxylation sites is 2. The number of carbonyl (C=O) groups excluding carboxylic acids is 1. The van der Waals surface area contributed by atoms with Gasteiger partial charge in [0.15, 0.2) is 0 Å². The quantitative estimate of drug-likeness (QED) is 0.715. The number of aromatic nitrogens is 1. The Balaban J connectivity index is 1.79. The Hall–Kier alpha value is -2.75. The Morgan fingerprint density at radius 1 is 1.05 bits per heavy atom. The summed E-state index contributed by atoms with van der Waals surface area (Å²) in [7, 11) is 1.82. The molecule has 0 radical (unpaired) electrons. The van der Waals surface area contributed by atoms with Crippen LogP contribution in [0.1, 0.15) is 10.5 Å². The van der Waals surface area contributed by atoms with E-state index in [1.54, 1.807) is 5.01 Å². The van der Waals surface area contributed by atoms with Gasteiger partial charge in [-0.05, 0) is 24.3 Å². The molecule has 0 fully saturated rings. The third kappa shape index (κ3) is 2.36. The van der Waals surface area contributed by atoms with Crippen LogP contribution in [0.2, 0.25) is 0 Å². The molecule has 0 saturated carbocycles. The number of aromatic amines is 1. The number of nitrogens with one attached hydrogen (secondary N) is 2. The normalized spacial score (nSPS) is 10.4. The van der Waals surface area contributed by atoms with E-state index in [1.165, 1.54) is 0 Å². The predicted molar refractivity (Wildman–Crippen MR) is 80.6 cm³/mol. The van der Waals surface area contributed by atoms with Crippen LogP contribution in [0.25, 0.3) is 10.9 Å². The molecule has 0 aliphatic heterocycles. The predicted octanol–water partition coefficient (Wildman–Crippen LogP) is 2.95. The first kappa shape index (κ1) is 12.3. The fourth-order valence-electron chi connectivity index (χ4n) is 2.12. The molecule has 3 rings (SSSR count). The molecule has 0 aliphatic carbocycles. The molecule has 100 valence electrons. The number of hydrogen-bond acceptors (Lipinski definition) is 2. The van der Waals surface area contributed by atoms with Gasteiger partial charge in [-0.3, -0.25) is 15.2 Å². The highest BCUT2D eigenvalue weighted by molar-refractivity contribution is 5.98. The largest absolute Gasteiger partial charge is 0.350 e. The number of anilines is 1. The smallest absolute Gasteiger partial charge is 0.286 e. The van der Waals surface area contributed by atoms with Crippen LogP contribution in [0.5, 0.6) is 0 Å². The van der Waals surface area contributed by atoms with Crippen LogP contribution < -0.4 is 10.4 Å². The van der Waals surface area contributed by atoms with Gasteiger partial charge in [-0.15, -0.1) is 0 Å². The second kappa shape index (κ2) is 5.09. The first-order valence-corrected chi connectivity index (χ1v) is 6.41. The molecule has 4 nitrogen and oxygen atoms in total. The summed E-state index contributed by atoms with van der Waals surface area (Å²) in [4.78, 5) is 15.3. The minimum absolute atomic E-state index is 0.160. The minimum atomic E-state index is -0.160. The lowest BCUT2D eigenvalue weighted by Gasteiger charge is -2.19. The van der Waals surface area contributed by atoms with Gasteiger partial charge < -0.3 is 4.98 Å². The lowest BCUT2D eigenvalue weighted by molar-refractivity contribution is 0.0947. The van der Waals surface area contributed by atoms with E-state index in [0.29, 0.717) is 5.69 Å². The Morgan fingerprint density at radius 3 is 2.50 bits per heavy atom. The van der Waals surface area contributed by atoms with E-state index in [9.17, 15) is 4.79 Å². The lowest BCUT2D eigenvalue weighted by atomic mass is 10.2. The molecule has 20 heavy (non-hydrogen) atoms. The monoisotopic (exact) mass is 265 g/mol. The van der Waals surface area contributed by atoms with Gasteiger partial charge in [0, 0.05) is 18.0 Å². The van der Waals surface area contributed by atoms with Crippen LogP contribution in [-0.4, -0.2) is 17.9 Å². The molecule has 0 bridgehead atoms. The number of fused-ring (bicyclic) bond motifs is 1. The molecule has 0 aliphatic rings. The van der Waals surface area contributed by atoms with Gasteiger partial charge in [-0.1, -0.05) is 36.4 Å². The number of hydrazine groups is 1. The maximum atomic E-state index is 12.2. The molecular formula is C16H15N3O. The fourth-order valence-corrected chi connectivity index (χ4v) is 2.12. The molecule has 0 saturated heterocycles. The summed E-state index contributed by atoms with van der Waals surface area (Å²) in [5.41, 5.74) is 5.27. The summed E-state index contributed by atoms with van der Waals surface area (Å²) in [6.45, 7) is 0. The third-order valence-corrected chi connectivity index (χ3v) is 3.19. The van der Waals surface area contributed by atoms with E-state index >= 15 is 0 Å². The molecule has 2 aromatic carbocycles. The van der Waals surface area contributed by atoms with Gasteiger partial charge >= 0.3 is 0 Å². The van der Waals surface area contributed by atoms with Crippen molar-refractivity contribution in [3.8, 4) is 0 Å². The molecular weight excluding hydrogens is 250 g/mol. The van der Waals surface area contributed by atoms with Crippen molar-refractivity contribution < 1.29 is 4.79 Å². The topological polar surface area (TPSA) is 48.1 Å². The molecule has 2 N–H and O–H groups in total. The molecule has 0 spiro atoms. The van der Waals surface area contributed by atoms with E-state index in [-0.39, 0.29) is 5.91 Å². The Bertz CT molecular complexity index is 701. The van der Waals surface area contributed by atoms with Crippen molar-refractivity contribution in [2.45, 2.75) is 0 Å². The highest BCUT2D eigenvalue weighted by Gasteiger charge is 2.11. The molecule has 1 heterocycles. The summed E-state index contributed by atoms with van der Waals surface area (Å²) in [5.74, 6) is -0.160. The highest BCUT2D eigenvalue weighted by Crippen LogP contribution is 2.15. The summed E-state index contributed by atoms with van der Waals surface area (Å²) in [5, 5.41) is 2.73. The summed E-state index contributed by atoms with van der Waals surface area (Å²) < 4.78 is 0. The number of benzene rings is 2. The Kier molecular flexibility index (Phi) is 3.13. The van der Waals surface area contributed by atoms with Crippen LogP contribution >= 0.6 is 0 Å². The first-order chi connectivity index (χ1) is 9.74. The number of carbonyl (C=O) groups is 1. The summed E-state index contributed by atoms with van der Waals surface area (Å²) in [6.07, 6.45) is 0. The van der Waals surface area contributed by atoms with Crippen molar-refractivity contribution in [1.82, 2.24) is 10.4 Å². The lowest BCUT2D eigenvalue weighted by Crippen LogP contribution is -2.39. The maximum Gasteiger partial charge on any atom is 0.286 e. The van der Waals surface area contributed by atoms with Crippen LogP contribution in [0.4, 0.5) is 5.69 Å². The molecule has 4 heteroatoms. The molecule has 3 aromatic rings. The second-order valence-electron chi connectivity index (χ2n) is 4.61. The second-order valence-corrected chi connectivity index (χ2v) is 4.61. The minimum Gasteiger partial charge on any atom is -0.350 e. The van der Waals surface area contributed by atoms with Crippen molar-refractivity contribution >= 4 is 22.5 Å². The SMILES string of the molecule is CN(NC(=O)c1cc2ccccc2[nH]1)c1ccccc1. The number of hydrogen-bond donors (Lipinski definition) is 2. The number of rotatable bonds is 3. The first-order valence-electron chi connectivity index (χ1n) is 6.41. The van der Waals surface area contributed by atoms with E-state index in [1.807, 2.05) is 67.7 Å². The van der Waals surface area contributed by atoms with Crippen molar-refractivity contribution in [3.05, 3.63) is 66.4 Å². The number of H-pyrrole nitrogens is 1. The number of nitrogens with zero attached hydrogens (tertiary/aromatic N) is 1. The standard InChI is InChI=1S/C16H15N3O/c1-19(13-8-3-2-4-9-13)18-16(20)15-11-12-7-5-6-10-14(12)17-15/h2-11,17H,1H3,(H,18,20). The van der Waals surface area contributed by atoms with Crippen LogP contribution in [0, 0.1) is 0 Å². The van der Waals surface area contributed by atoms with Crippen LogP contribution in [0.3, 0.4) is 0 Å². The zero-order chi connectivity index (χ0) is 13.9.